The van der Waals surface area contributed by atoms with Crippen LogP contribution in [0.25, 0.3) is 11.1 Å². The van der Waals surface area contributed by atoms with Crippen molar-refractivity contribution in [2.45, 2.75) is 6.92 Å². The first-order chi connectivity index (χ1) is 12.7. The van der Waals surface area contributed by atoms with Crippen molar-refractivity contribution in [2.24, 2.45) is 0 Å². The molecule has 0 aliphatic rings. The average Bonchev–Trinajstić information content (AvgIpc) is 2.67. The van der Waals surface area contributed by atoms with E-state index in [0.717, 1.165) is 5.56 Å². The number of ether oxygens (including phenoxy) is 2. The lowest BCUT2D eigenvalue weighted by molar-refractivity contribution is 0.216. The maximum Gasteiger partial charge on any atom is 0.156 e. The quantitative estimate of drug-likeness (QED) is 0.635. The normalized spacial score (nSPS) is 10.2. The zero-order valence-corrected chi connectivity index (χ0v) is 14.0. The smallest absolute Gasteiger partial charge is 0.156 e. The molecule has 0 N–H and O–H groups in total. The van der Waals surface area contributed by atoms with Crippen molar-refractivity contribution in [3.8, 4) is 28.7 Å². The molecule has 3 rings (SSSR count). The van der Waals surface area contributed by atoms with Crippen LogP contribution in [-0.2, 0) is 0 Å². The van der Waals surface area contributed by atoms with E-state index in [9.17, 15) is 4.39 Å². The lowest BCUT2D eigenvalue weighted by atomic mass is 10.1. The van der Waals surface area contributed by atoms with Crippen LogP contribution in [0.4, 0.5) is 4.39 Å². The standard InChI is InChI=1S/C19H15FN4O2/c1-13-22-10-17(11-23-13)25-6-7-26-19-12-24-16(9-21)8-18(19)14-2-4-15(20)5-3-14/h2-5,8,10-12H,6-7H2,1H3. The van der Waals surface area contributed by atoms with Gasteiger partial charge in [-0.25, -0.2) is 19.3 Å². The molecule has 2 heterocycles. The Bertz CT molecular complexity index is 922. The van der Waals surface area contributed by atoms with Crippen LogP contribution in [0.5, 0.6) is 11.5 Å². The Balaban J connectivity index is 1.70. The monoisotopic (exact) mass is 350 g/mol. The summed E-state index contributed by atoms with van der Waals surface area (Å²) in [5.41, 5.74) is 1.65. The van der Waals surface area contributed by atoms with Crippen LogP contribution < -0.4 is 9.47 Å². The number of nitrogens with zero attached hydrogens (tertiary/aromatic N) is 4. The number of aryl methyl sites for hydroxylation is 1. The Morgan fingerprint density at radius 3 is 2.38 bits per heavy atom. The summed E-state index contributed by atoms with van der Waals surface area (Å²) in [5.74, 6) is 1.37. The van der Waals surface area contributed by atoms with Gasteiger partial charge in [0.15, 0.2) is 5.75 Å². The lowest BCUT2D eigenvalue weighted by Gasteiger charge is -2.12. The van der Waals surface area contributed by atoms with Crippen LogP contribution in [0.1, 0.15) is 11.5 Å². The third-order valence-corrected chi connectivity index (χ3v) is 3.50. The van der Waals surface area contributed by atoms with E-state index in [1.54, 1.807) is 37.5 Å². The molecule has 0 unspecified atom stereocenters. The highest BCUT2D eigenvalue weighted by molar-refractivity contribution is 5.70. The molecular weight excluding hydrogens is 335 g/mol. The van der Waals surface area contributed by atoms with Gasteiger partial charge < -0.3 is 9.47 Å². The van der Waals surface area contributed by atoms with Crippen molar-refractivity contribution >= 4 is 0 Å². The van der Waals surface area contributed by atoms with Gasteiger partial charge in [-0.05, 0) is 30.7 Å². The van der Waals surface area contributed by atoms with Crippen LogP contribution in [0.3, 0.4) is 0 Å². The molecule has 2 aromatic heterocycles. The molecule has 0 aliphatic carbocycles. The van der Waals surface area contributed by atoms with E-state index >= 15 is 0 Å². The largest absolute Gasteiger partial charge is 0.488 e. The molecule has 0 amide bonds. The van der Waals surface area contributed by atoms with Crippen molar-refractivity contribution in [3.63, 3.8) is 0 Å². The molecule has 0 aliphatic heterocycles. The maximum atomic E-state index is 13.2. The summed E-state index contributed by atoms with van der Waals surface area (Å²) in [6.45, 7) is 2.34. The molecule has 130 valence electrons. The van der Waals surface area contributed by atoms with E-state index in [4.69, 9.17) is 14.7 Å². The first-order valence-corrected chi connectivity index (χ1v) is 7.86. The van der Waals surface area contributed by atoms with Gasteiger partial charge in [0.1, 0.15) is 42.4 Å². The number of rotatable bonds is 6. The summed E-state index contributed by atoms with van der Waals surface area (Å²) in [4.78, 5) is 12.1. The summed E-state index contributed by atoms with van der Waals surface area (Å²) < 4.78 is 24.4. The SMILES string of the molecule is Cc1ncc(OCCOc2cnc(C#N)cc2-c2ccc(F)cc2)cn1. The van der Waals surface area contributed by atoms with Gasteiger partial charge in [-0.15, -0.1) is 0 Å². The lowest BCUT2D eigenvalue weighted by Crippen LogP contribution is -2.10. The van der Waals surface area contributed by atoms with Gasteiger partial charge in [-0.1, -0.05) is 12.1 Å². The summed E-state index contributed by atoms with van der Waals surface area (Å²) in [6.07, 6.45) is 4.66. The zero-order valence-electron chi connectivity index (χ0n) is 14.0. The summed E-state index contributed by atoms with van der Waals surface area (Å²) in [6, 6.07) is 9.55. The Morgan fingerprint density at radius 1 is 1.00 bits per heavy atom. The summed E-state index contributed by atoms with van der Waals surface area (Å²) in [7, 11) is 0. The van der Waals surface area contributed by atoms with Gasteiger partial charge in [-0.2, -0.15) is 5.26 Å². The van der Waals surface area contributed by atoms with Crippen molar-refractivity contribution in [1.82, 2.24) is 15.0 Å². The van der Waals surface area contributed by atoms with E-state index in [-0.39, 0.29) is 24.7 Å². The van der Waals surface area contributed by atoms with E-state index in [0.29, 0.717) is 22.9 Å². The van der Waals surface area contributed by atoms with Crippen molar-refractivity contribution in [3.05, 3.63) is 66.3 Å². The zero-order chi connectivity index (χ0) is 18.4. The molecule has 0 spiro atoms. The minimum atomic E-state index is -0.334. The molecule has 1 aromatic carbocycles. The summed E-state index contributed by atoms with van der Waals surface area (Å²) >= 11 is 0. The first-order valence-electron chi connectivity index (χ1n) is 7.86. The van der Waals surface area contributed by atoms with Crippen molar-refractivity contribution < 1.29 is 13.9 Å². The van der Waals surface area contributed by atoms with Gasteiger partial charge in [0.05, 0.1) is 18.6 Å². The molecule has 0 atom stereocenters. The molecule has 3 aromatic rings. The van der Waals surface area contributed by atoms with Gasteiger partial charge in [0.25, 0.3) is 0 Å². The van der Waals surface area contributed by atoms with Crippen LogP contribution in [0, 0.1) is 24.1 Å². The fourth-order valence-electron chi connectivity index (χ4n) is 2.24. The summed E-state index contributed by atoms with van der Waals surface area (Å²) in [5, 5.41) is 9.06. The highest BCUT2D eigenvalue weighted by Gasteiger charge is 2.10. The molecule has 6 nitrogen and oxygen atoms in total. The molecule has 0 bridgehead atoms. The Morgan fingerprint density at radius 2 is 1.69 bits per heavy atom. The highest BCUT2D eigenvalue weighted by Crippen LogP contribution is 2.30. The average molecular weight is 350 g/mol. The second-order valence-corrected chi connectivity index (χ2v) is 5.35. The molecule has 0 saturated carbocycles. The van der Waals surface area contributed by atoms with E-state index in [2.05, 4.69) is 15.0 Å². The van der Waals surface area contributed by atoms with Gasteiger partial charge in [0.2, 0.25) is 0 Å². The van der Waals surface area contributed by atoms with Crippen LogP contribution >= 0.6 is 0 Å². The number of hydrogen-bond acceptors (Lipinski definition) is 6. The number of aromatic nitrogens is 3. The number of pyridine rings is 1. The van der Waals surface area contributed by atoms with E-state index < -0.39 is 0 Å². The number of hydrogen-bond donors (Lipinski definition) is 0. The van der Waals surface area contributed by atoms with Gasteiger partial charge >= 0.3 is 0 Å². The fourth-order valence-corrected chi connectivity index (χ4v) is 2.24. The van der Waals surface area contributed by atoms with Gasteiger partial charge in [-0.3, -0.25) is 0 Å². The van der Waals surface area contributed by atoms with E-state index in [1.807, 2.05) is 6.07 Å². The second kappa shape index (κ2) is 8.03. The predicted octanol–water partition coefficient (Wildman–Crippen LogP) is 3.32. The number of benzene rings is 1. The second-order valence-electron chi connectivity index (χ2n) is 5.35. The van der Waals surface area contributed by atoms with Crippen LogP contribution in [0.15, 0.2) is 48.9 Å². The van der Waals surface area contributed by atoms with E-state index in [1.165, 1.54) is 18.3 Å². The number of halogens is 1. The minimum absolute atomic E-state index is 0.254. The fraction of sp³-hybridized carbons (Fsp3) is 0.158. The van der Waals surface area contributed by atoms with Gasteiger partial charge in [0, 0.05) is 5.56 Å². The van der Waals surface area contributed by atoms with Crippen molar-refractivity contribution in [1.29, 1.82) is 5.26 Å². The van der Waals surface area contributed by atoms with Crippen molar-refractivity contribution in [2.75, 3.05) is 13.2 Å². The minimum Gasteiger partial charge on any atom is -0.488 e. The predicted molar refractivity (Wildman–Crippen MR) is 92.1 cm³/mol. The third kappa shape index (κ3) is 4.30. The molecule has 0 radical (unpaired) electrons. The first kappa shape index (κ1) is 17.3. The maximum absolute atomic E-state index is 13.2. The Labute approximate surface area is 149 Å². The van der Waals surface area contributed by atoms with Crippen LogP contribution in [-0.4, -0.2) is 28.2 Å². The molecule has 7 heteroatoms. The molecule has 0 fully saturated rings. The Hall–Kier alpha value is -3.53. The number of nitriles is 1. The topological polar surface area (TPSA) is 80.9 Å². The highest BCUT2D eigenvalue weighted by atomic mass is 19.1. The Kier molecular flexibility index (Phi) is 5.34. The van der Waals surface area contributed by atoms with Crippen LogP contribution in [0.2, 0.25) is 0 Å². The molecule has 26 heavy (non-hydrogen) atoms. The third-order valence-electron chi connectivity index (χ3n) is 3.50. The molecule has 0 saturated heterocycles. The molecular formula is C19H15FN4O2.